The van der Waals surface area contributed by atoms with Crippen LogP contribution < -0.4 is 5.32 Å². The van der Waals surface area contributed by atoms with E-state index in [0.717, 1.165) is 57.0 Å². The second-order valence-electron chi connectivity index (χ2n) is 7.05. The summed E-state index contributed by atoms with van der Waals surface area (Å²) >= 11 is 0. The highest BCUT2D eigenvalue weighted by atomic mass is 127. The summed E-state index contributed by atoms with van der Waals surface area (Å²) < 4.78 is 25.0. The number of hydrogen-bond acceptors (Lipinski definition) is 3. The first-order valence-corrected chi connectivity index (χ1v) is 9.71. The van der Waals surface area contributed by atoms with Crippen molar-refractivity contribution in [3.05, 3.63) is 35.6 Å². The molecule has 2 aliphatic rings. The minimum Gasteiger partial charge on any atom is -0.378 e. The molecule has 0 spiro atoms. The number of hydrogen-bond donors (Lipinski definition) is 1. The summed E-state index contributed by atoms with van der Waals surface area (Å²) in [6.07, 6.45) is 3.64. The average molecular weight is 491 g/mol. The van der Waals surface area contributed by atoms with E-state index in [1.807, 2.05) is 0 Å². The molecule has 2 aliphatic heterocycles. The van der Waals surface area contributed by atoms with Crippen LogP contribution in [0.15, 0.2) is 29.3 Å². The van der Waals surface area contributed by atoms with Crippen molar-refractivity contribution in [2.45, 2.75) is 51.4 Å². The van der Waals surface area contributed by atoms with Crippen molar-refractivity contribution in [3.8, 4) is 0 Å². The first kappa shape index (κ1) is 22.4. The lowest BCUT2D eigenvalue weighted by molar-refractivity contribution is -0.0605. The van der Waals surface area contributed by atoms with Gasteiger partial charge in [0.25, 0.3) is 0 Å². The highest BCUT2D eigenvalue weighted by Crippen LogP contribution is 2.25. The van der Waals surface area contributed by atoms with Crippen LogP contribution in [-0.2, 0) is 9.47 Å². The number of benzene rings is 1. The lowest BCUT2D eigenvalue weighted by Gasteiger charge is -2.38. The third kappa shape index (κ3) is 6.57. The van der Waals surface area contributed by atoms with Crippen LogP contribution in [-0.4, -0.2) is 55.9 Å². The van der Waals surface area contributed by atoms with Crippen molar-refractivity contribution in [2.75, 3.05) is 32.8 Å². The highest BCUT2D eigenvalue weighted by molar-refractivity contribution is 14.0. The third-order valence-electron chi connectivity index (χ3n) is 4.87. The second-order valence-corrected chi connectivity index (χ2v) is 7.05. The summed E-state index contributed by atoms with van der Waals surface area (Å²) in [4.78, 5) is 7.06. The van der Waals surface area contributed by atoms with Crippen LogP contribution in [0, 0.1) is 5.82 Å². The van der Waals surface area contributed by atoms with Crippen LogP contribution >= 0.6 is 24.0 Å². The van der Waals surface area contributed by atoms with Gasteiger partial charge in [-0.25, -0.2) is 4.39 Å². The van der Waals surface area contributed by atoms with Gasteiger partial charge < -0.3 is 19.7 Å². The first-order valence-electron chi connectivity index (χ1n) is 9.71. The number of halogens is 2. The summed E-state index contributed by atoms with van der Waals surface area (Å²) in [6, 6.07) is 6.59. The summed E-state index contributed by atoms with van der Waals surface area (Å²) in [5, 5.41) is 3.40. The fourth-order valence-corrected chi connectivity index (χ4v) is 3.60. The molecule has 2 saturated heterocycles. The van der Waals surface area contributed by atoms with Crippen LogP contribution in [0.5, 0.6) is 0 Å². The number of ether oxygens (including phenoxy) is 2. The number of morpholine rings is 1. The molecule has 1 N–H and O–H groups in total. The van der Waals surface area contributed by atoms with E-state index < -0.39 is 0 Å². The Balaban J connectivity index is 0.00000261. The Kier molecular flexibility index (Phi) is 9.25. The smallest absolute Gasteiger partial charge is 0.194 e. The van der Waals surface area contributed by atoms with Crippen molar-refractivity contribution in [1.29, 1.82) is 0 Å². The van der Waals surface area contributed by atoms with Crippen molar-refractivity contribution in [2.24, 2.45) is 4.99 Å². The molecule has 2 fully saturated rings. The number of nitrogens with zero attached hydrogens (tertiary/aromatic N) is 2. The zero-order valence-corrected chi connectivity index (χ0v) is 18.5. The molecule has 1 aromatic carbocycles. The molecule has 0 radical (unpaired) electrons. The standard InChI is InChI=1S/C20H30FN3O2.HI/c1-3-22-20(23-11-10-18-5-4-12-25-18)24-13-15(2)26-19(14-24)16-6-8-17(21)9-7-16;/h6-9,15,18-19H,3-5,10-14H2,1-2H3,(H,22,23);1H. The van der Waals surface area contributed by atoms with Gasteiger partial charge in [0.1, 0.15) is 11.9 Å². The zero-order chi connectivity index (χ0) is 18.4. The van der Waals surface area contributed by atoms with E-state index in [0.29, 0.717) is 12.6 Å². The van der Waals surface area contributed by atoms with Crippen molar-refractivity contribution < 1.29 is 13.9 Å². The number of guanidine groups is 1. The molecule has 152 valence electrons. The van der Waals surface area contributed by atoms with Gasteiger partial charge in [0, 0.05) is 26.2 Å². The number of rotatable bonds is 5. The van der Waals surface area contributed by atoms with Gasteiger partial charge in [0.2, 0.25) is 0 Å². The SMILES string of the molecule is CCNC(=NCCC1CCCO1)N1CC(C)OC(c2ccc(F)cc2)C1.I. The maximum atomic E-state index is 13.2. The fraction of sp³-hybridized carbons (Fsp3) is 0.650. The van der Waals surface area contributed by atoms with Gasteiger partial charge >= 0.3 is 0 Å². The van der Waals surface area contributed by atoms with Crippen molar-refractivity contribution in [3.63, 3.8) is 0 Å². The summed E-state index contributed by atoms with van der Waals surface area (Å²) in [5.41, 5.74) is 0.998. The van der Waals surface area contributed by atoms with Crippen LogP contribution in [0.3, 0.4) is 0 Å². The zero-order valence-electron chi connectivity index (χ0n) is 16.2. The summed E-state index contributed by atoms with van der Waals surface area (Å²) in [7, 11) is 0. The highest BCUT2D eigenvalue weighted by Gasteiger charge is 2.28. The van der Waals surface area contributed by atoms with E-state index in [9.17, 15) is 4.39 Å². The lowest BCUT2D eigenvalue weighted by atomic mass is 10.1. The van der Waals surface area contributed by atoms with Crippen LogP contribution in [0.1, 0.15) is 44.8 Å². The molecule has 5 nitrogen and oxygen atoms in total. The van der Waals surface area contributed by atoms with Crippen LogP contribution in [0.2, 0.25) is 0 Å². The van der Waals surface area contributed by atoms with Gasteiger partial charge in [-0.1, -0.05) is 12.1 Å². The Labute approximate surface area is 178 Å². The first-order chi connectivity index (χ1) is 12.7. The lowest BCUT2D eigenvalue weighted by Crippen LogP contribution is -2.50. The van der Waals surface area contributed by atoms with Gasteiger partial charge in [-0.3, -0.25) is 4.99 Å². The molecule has 7 heteroatoms. The van der Waals surface area contributed by atoms with Crippen LogP contribution in [0.4, 0.5) is 4.39 Å². The van der Waals surface area contributed by atoms with E-state index in [4.69, 9.17) is 14.5 Å². The molecule has 0 saturated carbocycles. The van der Waals surface area contributed by atoms with Crippen LogP contribution in [0.25, 0.3) is 0 Å². The van der Waals surface area contributed by atoms with Crippen molar-refractivity contribution in [1.82, 2.24) is 10.2 Å². The van der Waals surface area contributed by atoms with Gasteiger partial charge in [0.15, 0.2) is 5.96 Å². The predicted molar refractivity (Wildman–Crippen MR) is 116 cm³/mol. The van der Waals surface area contributed by atoms with Gasteiger partial charge in [-0.05, 0) is 50.8 Å². The van der Waals surface area contributed by atoms with E-state index in [1.165, 1.54) is 12.1 Å². The van der Waals surface area contributed by atoms with E-state index in [2.05, 4.69) is 24.1 Å². The predicted octanol–water partition coefficient (Wildman–Crippen LogP) is 3.74. The molecule has 0 aromatic heterocycles. The molecule has 0 aliphatic carbocycles. The maximum Gasteiger partial charge on any atom is 0.194 e. The third-order valence-corrected chi connectivity index (χ3v) is 4.87. The Morgan fingerprint density at radius 2 is 2.07 bits per heavy atom. The summed E-state index contributed by atoms with van der Waals surface area (Å²) in [5.74, 6) is 0.700. The molecular weight excluding hydrogens is 460 g/mol. The Morgan fingerprint density at radius 1 is 1.30 bits per heavy atom. The molecule has 3 atom stereocenters. The van der Waals surface area contributed by atoms with E-state index in [1.54, 1.807) is 12.1 Å². The van der Waals surface area contributed by atoms with E-state index >= 15 is 0 Å². The minimum atomic E-state index is -0.224. The average Bonchev–Trinajstić information content (AvgIpc) is 3.14. The normalized spacial score (nSPS) is 26.0. The van der Waals surface area contributed by atoms with Crippen molar-refractivity contribution >= 4 is 29.9 Å². The molecule has 3 unspecified atom stereocenters. The van der Waals surface area contributed by atoms with Gasteiger partial charge in [0.05, 0.1) is 18.8 Å². The maximum absolute atomic E-state index is 13.2. The topological polar surface area (TPSA) is 46.1 Å². The number of nitrogens with one attached hydrogen (secondary N) is 1. The Hall–Kier alpha value is -0.930. The van der Waals surface area contributed by atoms with Gasteiger partial charge in [-0.15, -0.1) is 24.0 Å². The molecule has 27 heavy (non-hydrogen) atoms. The molecular formula is C20H31FIN3O2. The minimum absolute atomic E-state index is 0. The Morgan fingerprint density at radius 3 is 2.74 bits per heavy atom. The molecule has 0 bridgehead atoms. The van der Waals surface area contributed by atoms with Gasteiger partial charge in [-0.2, -0.15) is 0 Å². The molecule has 2 heterocycles. The summed E-state index contributed by atoms with van der Waals surface area (Å²) in [6.45, 7) is 8.13. The largest absolute Gasteiger partial charge is 0.378 e. The monoisotopic (exact) mass is 491 g/mol. The second kappa shape index (κ2) is 11.2. The van der Waals surface area contributed by atoms with E-state index in [-0.39, 0.29) is 42.0 Å². The Bertz CT molecular complexity index is 593. The quantitative estimate of drug-likeness (QED) is 0.388. The molecule has 3 rings (SSSR count). The number of aliphatic imine (C=N–C) groups is 1. The molecule has 1 aromatic rings. The molecule has 0 amide bonds. The fourth-order valence-electron chi connectivity index (χ4n) is 3.60.